The summed E-state index contributed by atoms with van der Waals surface area (Å²) in [5, 5.41) is 5.68. The lowest BCUT2D eigenvalue weighted by Gasteiger charge is -2.23. The van der Waals surface area contributed by atoms with E-state index in [0.29, 0.717) is 102 Å². The van der Waals surface area contributed by atoms with E-state index in [1.807, 2.05) is 76.3 Å². The first-order chi connectivity index (χ1) is 36.0. The average Bonchev–Trinajstić information content (AvgIpc) is 4.24. The standard InChI is InChI=1S/C55H55N15O4/c1-4-34-21-23-59-43(31-34)63-55(74)39-19-15-37(16-20-39)47-49-51(57)61-25-29-69(49)53(65-47)41-30-35(33-70(41)44(71)5-2)32-66(3)26-9-12-45(72)67-27-8-10-40(67)52-64-46(48-50(56)60-24-28-68(48)52)36-13-17-38(18-14-36)54(73)62-42-11-6-7-22-58-42/h5-7,9,11-25,28-29,31,35,40-41H,2,4,8,10,26-27,30,32-33H2,1,3H3,(H2,56,60)(H2,57,61)(H,58,62,73)(H,59,63,74). The van der Waals surface area contributed by atoms with Crippen molar-refractivity contribution in [3.05, 3.63) is 169 Å². The van der Waals surface area contributed by atoms with Crippen molar-refractivity contribution in [3.8, 4) is 22.5 Å². The monoisotopic (exact) mass is 989 g/mol. The van der Waals surface area contributed by atoms with Gasteiger partial charge in [-0.15, -0.1) is 0 Å². The molecule has 0 bridgehead atoms. The number of nitrogen functional groups attached to an aromatic ring is 2. The smallest absolute Gasteiger partial charge is 0.256 e. The Hall–Kier alpha value is -9.10. The maximum absolute atomic E-state index is 14.0. The maximum Gasteiger partial charge on any atom is 0.256 e. The highest BCUT2D eigenvalue weighted by Crippen LogP contribution is 2.40. The van der Waals surface area contributed by atoms with E-state index >= 15 is 0 Å². The van der Waals surface area contributed by atoms with E-state index in [-0.39, 0.29) is 41.4 Å². The lowest BCUT2D eigenvalue weighted by Crippen LogP contribution is -2.32. The molecule has 8 heterocycles. The number of aromatic nitrogens is 8. The number of carbonyl (C=O) groups is 4. The number of fused-ring (bicyclic) bond motifs is 2. The minimum absolute atomic E-state index is 0.0612. The number of likely N-dealkylation sites (tertiary alicyclic amines) is 2. The van der Waals surface area contributed by atoms with Crippen LogP contribution in [0.4, 0.5) is 23.3 Å². The van der Waals surface area contributed by atoms with Crippen LogP contribution in [0.3, 0.4) is 0 Å². The van der Waals surface area contributed by atoms with Gasteiger partial charge in [0.25, 0.3) is 11.8 Å². The summed E-state index contributed by atoms with van der Waals surface area (Å²) in [5.74, 6) is 1.96. The first-order valence-electron chi connectivity index (χ1n) is 24.5. The number of hydrogen-bond donors (Lipinski definition) is 4. The van der Waals surface area contributed by atoms with Crippen LogP contribution >= 0.6 is 0 Å². The number of hydrogen-bond acceptors (Lipinski definition) is 13. The number of pyridine rings is 2. The molecule has 2 fully saturated rings. The number of nitrogens with two attached hydrogens (primary N) is 2. The normalized spacial score (nSPS) is 16.7. The van der Waals surface area contributed by atoms with Gasteiger partial charge in [0.1, 0.15) is 57.3 Å². The summed E-state index contributed by atoms with van der Waals surface area (Å²) in [6, 6.07) is 22.6. The van der Waals surface area contributed by atoms with Gasteiger partial charge in [0.05, 0.1) is 12.1 Å². The molecule has 3 atom stereocenters. The van der Waals surface area contributed by atoms with Crippen molar-refractivity contribution in [3.63, 3.8) is 0 Å². The number of benzene rings is 2. The zero-order valence-corrected chi connectivity index (χ0v) is 41.0. The molecule has 374 valence electrons. The molecule has 0 aliphatic carbocycles. The Morgan fingerprint density at radius 1 is 0.730 bits per heavy atom. The number of carbonyl (C=O) groups excluding carboxylic acids is 4. The molecule has 2 saturated heterocycles. The fourth-order valence-electron chi connectivity index (χ4n) is 10.1. The molecule has 6 aromatic heterocycles. The van der Waals surface area contributed by atoms with Crippen LogP contribution < -0.4 is 22.1 Å². The maximum atomic E-state index is 14.0. The van der Waals surface area contributed by atoms with Crippen LogP contribution in [0, 0.1) is 5.92 Å². The van der Waals surface area contributed by atoms with Crippen molar-refractivity contribution in [1.29, 1.82) is 0 Å². The van der Waals surface area contributed by atoms with Crippen molar-refractivity contribution in [1.82, 2.24) is 53.4 Å². The first kappa shape index (κ1) is 48.5. The Bertz CT molecular complexity index is 3440. The second-order valence-corrected chi connectivity index (χ2v) is 18.5. The molecule has 74 heavy (non-hydrogen) atoms. The Kier molecular flexibility index (Phi) is 13.7. The molecular weight excluding hydrogens is 935 g/mol. The Morgan fingerprint density at radius 3 is 1.93 bits per heavy atom. The molecule has 6 N–H and O–H groups in total. The molecule has 19 nitrogen and oxygen atoms in total. The third-order valence-corrected chi connectivity index (χ3v) is 13.7. The Labute approximate surface area is 426 Å². The summed E-state index contributed by atoms with van der Waals surface area (Å²) in [6.45, 7) is 8.00. The number of imidazole rings is 2. The van der Waals surface area contributed by atoms with Gasteiger partial charge >= 0.3 is 0 Å². The third-order valence-electron chi connectivity index (χ3n) is 13.7. The van der Waals surface area contributed by atoms with Crippen LogP contribution in [0.5, 0.6) is 0 Å². The molecule has 3 unspecified atom stereocenters. The molecule has 0 spiro atoms. The number of nitrogens with zero attached hydrogens (tertiary/aromatic N) is 11. The number of aryl methyl sites for hydroxylation is 1. The van der Waals surface area contributed by atoms with Gasteiger partial charge in [-0.2, -0.15) is 0 Å². The lowest BCUT2D eigenvalue weighted by atomic mass is 10.0. The zero-order chi connectivity index (χ0) is 51.5. The first-order valence-corrected chi connectivity index (χ1v) is 24.5. The predicted octanol–water partition coefficient (Wildman–Crippen LogP) is 7.05. The minimum atomic E-state index is -0.406. The quantitative estimate of drug-likeness (QED) is 0.0754. The van der Waals surface area contributed by atoms with Crippen molar-refractivity contribution in [2.75, 3.05) is 55.3 Å². The number of nitrogens with one attached hydrogen (secondary N) is 2. The van der Waals surface area contributed by atoms with E-state index in [4.69, 9.17) is 21.4 Å². The molecule has 2 aliphatic heterocycles. The predicted molar refractivity (Wildman–Crippen MR) is 283 cm³/mol. The van der Waals surface area contributed by atoms with E-state index in [2.05, 4.69) is 42.0 Å². The second-order valence-electron chi connectivity index (χ2n) is 18.5. The van der Waals surface area contributed by atoms with Gasteiger partial charge in [0.15, 0.2) is 0 Å². The van der Waals surface area contributed by atoms with Gasteiger partial charge in [-0.3, -0.25) is 28.0 Å². The summed E-state index contributed by atoms with van der Waals surface area (Å²) in [5.41, 5.74) is 18.8. The highest BCUT2D eigenvalue weighted by atomic mass is 16.2. The number of likely N-dealkylation sites (N-methyl/N-ethyl adjacent to an activating group) is 1. The van der Waals surface area contributed by atoms with E-state index in [1.165, 1.54) is 6.08 Å². The van der Waals surface area contributed by atoms with E-state index in [9.17, 15) is 19.2 Å². The van der Waals surface area contributed by atoms with Crippen LogP contribution in [0.15, 0.2) is 141 Å². The van der Waals surface area contributed by atoms with Crippen LogP contribution in [0.1, 0.15) is 76.2 Å². The summed E-state index contributed by atoms with van der Waals surface area (Å²) in [6.07, 6.45) is 17.9. The Balaban J connectivity index is 0.812. The van der Waals surface area contributed by atoms with E-state index in [0.717, 1.165) is 29.5 Å². The third kappa shape index (κ3) is 9.79. The van der Waals surface area contributed by atoms with Crippen molar-refractivity contribution in [2.45, 2.75) is 44.7 Å². The minimum Gasteiger partial charge on any atom is -0.382 e. The fraction of sp³-hybridized carbons (Fsp3) is 0.236. The average molecular weight is 990 g/mol. The Morgan fingerprint density at radius 2 is 1.34 bits per heavy atom. The summed E-state index contributed by atoms with van der Waals surface area (Å²) in [7, 11) is 1.99. The highest BCUT2D eigenvalue weighted by molar-refractivity contribution is 6.05. The number of anilines is 4. The zero-order valence-electron chi connectivity index (χ0n) is 41.0. The van der Waals surface area contributed by atoms with E-state index in [1.54, 1.807) is 84.4 Å². The molecule has 2 aliphatic rings. The molecule has 0 radical (unpaired) electrons. The van der Waals surface area contributed by atoms with Crippen molar-refractivity contribution >= 4 is 57.9 Å². The second kappa shape index (κ2) is 20.9. The molecule has 2 aromatic carbocycles. The summed E-state index contributed by atoms with van der Waals surface area (Å²) in [4.78, 5) is 86.9. The SMILES string of the molecule is C=CC(=O)N1CC(CN(C)CC=CC(=O)N2CCCC2c2nc(-c3ccc(C(=O)Nc4ccccn4)cc3)c3c(N)nccn23)CC1c1nc(-c2ccc(C(=O)Nc3cc(CC)ccn3)cc2)c2c(N)nccn12. The number of rotatable bonds is 15. The topological polar surface area (TPSA) is 240 Å². The van der Waals surface area contributed by atoms with Crippen LogP contribution in [-0.2, 0) is 16.0 Å². The van der Waals surface area contributed by atoms with E-state index < -0.39 is 6.04 Å². The largest absolute Gasteiger partial charge is 0.382 e. The molecule has 8 aromatic rings. The van der Waals surface area contributed by atoms with Crippen LogP contribution in [0.25, 0.3) is 33.5 Å². The van der Waals surface area contributed by atoms with Crippen LogP contribution in [0.2, 0.25) is 0 Å². The van der Waals surface area contributed by atoms with Gasteiger partial charge in [-0.05, 0) is 98.8 Å². The van der Waals surface area contributed by atoms with Crippen LogP contribution in [-0.4, -0.2) is 110 Å². The highest BCUT2D eigenvalue weighted by Gasteiger charge is 2.39. The van der Waals surface area contributed by atoms with Crippen molar-refractivity contribution < 1.29 is 19.2 Å². The molecule has 4 amide bonds. The fourth-order valence-corrected chi connectivity index (χ4v) is 10.1. The number of amides is 4. The molecule has 10 rings (SSSR count). The molecular formula is C55H55N15O4. The summed E-state index contributed by atoms with van der Waals surface area (Å²) < 4.78 is 3.81. The summed E-state index contributed by atoms with van der Waals surface area (Å²) >= 11 is 0. The van der Waals surface area contributed by atoms with Gasteiger partial charge in [-0.1, -0.05) is 49.9 Å². The van der Waals surface area contributed by atoms with Gasteiger partial charge in [0.2, 0.25) is 11.8 Å². The van der Waals surface area contributed by atoms with Gasteiger partial charge in [-0.25, -0.2) is 29.9 Å². The van der Waals surface area contributed by atoms with Crippen molar-refractivity contribution in [2.24, 2.45) is 5.92 Å². The van der Waals surface area contributed by atoms with Gasteiger partial charge in [0, 0.05) is 91.7 Å². The lowest BCUT2D eigenvalue weighted by molar-refractivity contribution is -0.127. The molecule has 19 heteroatoms. The molecule has 0 saturated carbocycles. The van der Waals surface area contributed by atoms with Gasteiger partial charge < -0.3 is 36.8 Å².